The predicted molar refractivity (Wildman–Crippen MR) is 80.8 cm³/mol. The zero-order valence-corrected chi connectivity index (χ0v) is 13.2. The van der Waals surface area contributed by atoms with Gasteiger partial charge in [0.2, 0.25) is 0 Å². The second-order valence-corrected chi connectivity index (χ2v) is 5.46. The van der Waals surface area contributed by atoms with Gasteiger partial charge >= 0.3 is 0 Å². The number of nitrogens with zero attached hydrogens (tertiary/aromatic N) is 2. The number of hydrogen-bond donors (Lipinski definition) is 1. The topological polar surface area (TPSA) is 38.1 Å². The van der Waals surface area contributed by atoms with Gasteiger partial charge in [-0.15, -0.1) is 0 Å². The van der Waals surface area contributed by atoms with Crippen LogP contribution in [0.5, 0.6) is 0 Å². The summed E-state index contributed by atoms with van der Waals surface area (Å²) in [5, 5.41) is 15.4. The smallest absolute Gasteiger partial charge is 0.0850 e. The van der Waals surface area contributed by atoms with Crippen LogP contribution in [-0.4, -0.2) is 21.0 Å². The van der Waals surface area contributed by atoms with E-state index in [1.807, 2.05) is 4.68 Å². The number of aliphatic hydroxyl groups excluding tert-OH is 1. The second-order valence-electron chi connectivity index (χ2n) is 5.08. The molecule has 3 nitrogen and oxygen atoms in total. The van der Waals surface area contributed by atoms with Gasteiger partial charge in [0.05, 0.1) is 22.5 Å². The molecule has 1 unspecified atom stereocenters. The van der Waals surface area contributed by atoms with Crippen molar-refractivity contribution in [3.8, 4) is 0 Å². The average molecular weight is 287 g/mol. The molecule has 0 saturated carbocycles. The fourth-order valence-electron chi connectivity index (χ4n) is 2.34. The van der Waals surface area contributed by atoms with Gasteiger partial charge in [0, 0.05) is 13.0 Å². The standard InChI is InChI=1S/C15H27ClN2O/c1-4-7-8-9-10-12(19)11-14-15(16)13(5-2)17-18(14)6-3/h12,19H,4-11H2,1-3H3. The van der Waals surface area contributed by atoms with Crippen LogP contribution in [0, 0.1) is 0 Å². The minimum atomic E-state index is -0.305. The number of unbranched alkanes of at least 4 members (excludes halogenated alkanes) is 3. The van der Waals surface area contributed by atoms with Crippen molar-refractivity contribution >= 4 is 11.6 Å². The van der Waals surface area contributed by atoms with Gasteiger partial charge in [0.15, 0.2) is 0 Å². The summed E-state index contributed by atoms with van der Waals surface area (Å²) in [7, 11) is 0. The number of rotatable bonds is 9. The molecule has 1 aromatic heterocycles. The average Bonchev–Trinajstić information content (AvgIpc) is 2.71. The summed E-state index contributed by atoms with van der Waals surface area (Å²) in [5.74, 6) is 0. The van der Waals surface area contributed by atoms with Crippen molar-refractivity contribution in [3.63, 3.8) is 0 Å². The maximum absolute atomic E-state index is 10.1. The lowest BCUT2D eigenvalue weighted by molar-refractivity contribution is 0.158. The third-order valence-corrected chi connectivity index (χ3v) is 3.95. The van der Waals surface area contributed by atoms with E-state index in [2.05, 4.69) is 25.9 Å². The van der Waals surface area contributed by atoms with E-state index in [1.165, 1.54) is 19.3 Å². The fraction of sp³-hybridized carbons (Fsp3) is 0.800. The highest BCUT2D eigenvalue weighted by Crippen LogP contribution is 2.23. The van der Waals surface area contributed by atoms with Gasteiger partial charge < -0.3 is 5.11 Å². The highest BCUT2D eigenvalue weighted by Gasteiger charge is 2.17. The Morgan fingerprint density at radius 2 is 1.95 bits per heavy atom. The largest absolute Gasteiger partial charge is 0.393 e. The molecule has 0 aliphatic carbocycles. The first-order chi connectivity index (χ1) is 9.13. The van der Waals surface area contributed by atoms with E-state index in [0.717, 1.165) is 42.2 Å². The number of hydrogen-bond acceptors (Lipinski definition) is 2. The van der Waals surface area contributed by atoms with Crippen LogP contribution in [0.25, 0.3) is 0 Å². The van der Waals surface area contributed by atoms with Gasteiger partial charge in [-0.2, -0.15) is 5.10 Å². The van der Waals surface area contributed by atoms with Crippen LogP contribution >= 0.6 is 11.6 Å². The molecule has 0 spiro atoms. The summed E-state index contributed by atoms with van der Waals surface area (Å²) in [4.78, 5) is 0. The maximum Gasteiger partial charge on any atom is 0.0850 e. The van der Waals surface area contributed by atoms with Crippen molar-refractivity contribution in [1.82, 2.24) is 9.78 Å². The van der Waals surface area contributed by atoms with Crippen LogP contribution in [0.4, 0.5) is 0 Å². The fourth-order valence-corrected chi connectivity index (χ4v) is 2.69. The monoisotopic (exact) mass is 286 g/mol. The molecular weight excluding hydrogens is 260 g/mol. The van der Waals surface area contributed by atoms with Crippen molar-refractivity contribution in [1.29, 1.82) is 0 Å². The summed E-state index contributed by atoms with van der Waals surface area (Å²) < 4.78 is 1.93. The SMILES string of the molecule is CCCCCCC(O)Cc1c(Cl)c(CC)nn1CC. The third kappa shape index (κ3) is 4.81. The number of aliphatic hydroxyl groups is 1. The molecule has 0 amide bonds. The molecule has 1 atom stereocenters. The van der Waals surface area contributed by atoms with E-state index in [0.29, 0.717) is 6.42 Å². The molecular formula is C15H27ClN2O. The van der Waals surface area contributed by atoms with Crippen LogP contribution in [0.3, 0.4) is 0 Å². The number of aromatic nitrogens is 2. The Labute approximate surface area is 122 Å². The predicted octanol–water partition coefficient (Wildman–Crippen LogP) is 3.99. The van der Waals surface area contributed by atoms with E-state index >= 15 is 0 Å². The zero-order valence-electron chi connectivity index (χ0n) is 12.5. The van der Waals surface area contributed by atoms with Crippen LogP contribution in [0.2, 0.25) is 5.02 Å². The van der Waals surface area contributed by atoms with Crippen molar-refractivity contribution in [2.45, 2.75) is 78.4 Å². The van der Waals surface area contributed by atoms with E-state index in [9.17, 15) is 5.11 Å². The Kier molecular flexibility index (Phi) is 7.47. The molecule has 0 aliphatic heterocycles. The van der Waals surface area contributed by atoms with Crippen molar-refractivity contribution in [2.75, 3.05) is 0 Å². The first kappa shape index (κ1) is 16.5. The first-order valence-corrected chi connectivity index (χ1v) is 7.93. The molecule has 0 saturated heterocycles. The summed E-state index contributed by atoms with van der Waals surface area (Å²) in [5.41, 5.74) is 1.93. The van der Waals surface area contributed by atoms with Gasteiger partial charge in [-0.25, -0.2) is 0 Å². The van der Waals surface area contributed by atoms with Gasteiger partial charge in [0.25, 0.3) is 0 Å². The molecule has 0 bridgehead atoms. The lowest BCUT2D eigenvalue weighted by Crippen LogP contribution is -2.14. The van der Waals surface area contributed by atoms with E-state index in [-0.39, 0.29) is 6.10 Å². The second kappa shape index (κ2) is 8.60. The normalized spacial score (nSPS) is 12.9. The zero-order chi connectivity index (χ0) is 14.3. The third-order valence-electron chi connectivity index (χ3n) is 3.51. The molecule has 0 aromatic carbocycles. The maximum atomic E-state index is 10.1. The number of aryl methyl sites for hydroxylation is 2. The Balaban J connectivity index is 2.57. The van der Waals surface area contributed by atoms with Gasteiger partial charge in [0.1, 0.15) is 0 Å². The van der Waals surface area contributed by atoms with Gasteiger partial charge in [-0.3, -0.25) is 4.68 Å². The van der Waals surface area contributed by atoms with Gasteiger partial charge in [-0.05, 0) is 19.8 Å². The van der Waals surface area contributed by atoms with Crippen LogP contribution in [-0.2, 0) is 19.4 Å². The van der Waals surface area contributed by atoms with Crippen molar-refractivity contribution in [3.05, 3.63) is 16.4 Å². The molecule has 4 heteroatoms. The molecule has 19 heavy (non-hydrogen) atoms. The molecule has 1 N–H and O–H groups in total. The molecule has 0 fully saturated rings. The highest BCUT2D eigenvalue weighted by molar-refractivity contribution is 6.31. The van der Waals surface area contributed by atoms with Crippen LogP contribution in [0.15, 0.2) is 0 Å². The molecule has 1 heterocycles. The molecule has 1 aromatic rings. The summed E-state index contributed by atoms with van der Waals surface area (Å²) in [6.45, 7) is 7.11. The highest BCUT2D eigenvalue weighted by atomic mass is 35.5. The molecule has 0 aliphatic rings. The molecule has 110 valence electrons. The molecule has 1 rings (SSSR count). The lowest BCUT2D eigenvalue weighted by Gasteiger charge is -2.12. The van der Waals surface area contributed by atoms with Crippen molar-refractivity contribution in [2.24, 2.45) is 0 Å². The lowest BCUT2D eigenvalue weighted by atomic mass is 10.1. The number of halogens is 1. The quantitative estimate of drug-likeness (QED) is 0.697. The first-order valence-electron chi connectivity index (χ1n) is 7.56. The minimum Gasteiger partial charge on any atom is -0.393 e. The molecule has 0 radical (unpaired) electrons. The Bertz CT molecular complexity index is 376. The van der Waals surface area contributed by atoms with Crippen molar-refractivity contribution < 1.29 is 5.11 Å². The summed E-state index contributed by atoms with van der Waals surface area (Å²) >= 11 is 6.34. The van der Waals surface area contributed by atoms with Gasteiger partial charge in [-0.1, -0.05) is 51.1 Å². The Morgan fingerprint density at radius 3 is 2.53 bits per heavy atom. The van der Waals surface area contributed by atoms with Crippen LogP contribution < -0.4 is 0 Å². The van der Waals surface area contributed by atoms with E-state index < -0.39 is 0 Å². The Hall–Kier alpha value is -0.540. The van der Waals surface area contributed by atoms with E-state index in [1.54, 1.807) is 0 Å². The van der Waals surface area contributed by atoms with E-state index in [4.69, 9.17) is 11.6 Å². The summed E-state index contributed by atoms with van der Waals surface area (Å²) in [6, 6.07) is 0. The summed E-state index contributed by atoms with van der Waals surface area (Å²) in [6.07, 6.45) is 6.78. The minimum absolute atomic E-state index is 0.305. The Morgan fingerprint density at radius 1 is 1.21 bits per heavy atom. The van der Waals surface area contributed by atoms with Crippen LogP contribution in [0.1, 0.15) is 64.3 Å².